The van der Waals surface area contributed by atoms with E-state index in [4.69, 9.17) is 4.43 Å². The minimum Gasteiger partial charge on any atom is -0.544 e. The number of β-lactam (4-membered cyclic amide) rings is 1. The third-order valence-electron chi connectivity index (χ3n) is 7.24. The summed E-state index contributed by atoms with van der Waals surface area (Å²) in [6, 6.07) is 22.9. The second-order valence-electron chi connectivity index (χ2n) is 10.8. The fourth-order valence-corrected chi connectivity index (χ4v) is 5.09. The predicted octanol–water partition coefficient (Wildman–Crippen LogP) is 7.35. The topological polar surface area (TPSA) is 49.8 Å². The highest BCUT2D eigenvalue weighted by atomic mass is 28.4. The van der Waals surface area contributed by atoms with Gasteiger partial charge in [0.05, 0.1) is 12.1 Å². The average Bonchev–Trinajstić information content (AvgIpc) is 2.84. The molecule has 1 fully saturated rings. The van der Waals surface area contributed by atoms with Crippen molar-refractivity contribution in [2.24, 2.45) is 0 Å². The van der Waals surface area contributed by atoms with E-state index in [9.17, 15) is 14.3 Å². The first-order valence-electron chi connectivity index (χ1n) is 12.3. The van der Waals surface area contributed by atoms with E-state index >= 15 is 0 Å². The molecule has 0 bridgehead atoms. The SMILES string of the molecule is CC(C)(C)[Si](C)(C)Oc1ccc(C2/C(=C/CC(O)c3ccccc3)C(=O)N2c2ccc(F)cc2)cc1. The number of halogens is 1. The Morgan fingerprint density at radius 2 is 1.61 bits per heavy atom. The lowest BCUT2D eigenvalue weighted by atomic mass is 9.86. The Morgan fingerprint density at radius 1 is 1.00 bits per heavy atom. The molecule has 0 spiro atoms. The predicted molar refractivity (Wildman–Crippen MR) is 145 cm³/mol. The Balaban J connectivity index is 1.62. The van der Waals surface area contributed by atoms with Crippen molar-refractivity contribution < 1.29 is 18.7 Å². The van der Waals surface area contributed by atoms with Crippen molar-refractivity contribution in [3.05, 3.63) is 107 Å². The summed E-state index contributed by atoms with van der Waals surface area (Å²) in [4.78, 5) is 14.9. The molecule has 3 aromatic carbocycles. The van der Waals surface area contributed by atoms with Crippen LogP contribution in [0.4, 0.5) is 10.1 Å². The van der Waals surface area contributed by atoms with Gasteiger partial charge in [-0.15, -0.1) is 0 Å². The van der Waals surface area contributed by atoms with E-state index in [1.165, 1.54) is 12.1 Å². The third kappa shape index (κ3) is 5.30. The first kappa shape index (κ1) is 25.9. The van der Waals surface area contributed by atoms with E-state index in [1.54, 1.807) is 17.0 Å². The second-order valence-corrected chi connectivity index (χ2v) is 15.5. The number of aliphatic hydroxyl groups is 1. The van der Waals surface area contributed by atoms with E-state index < -0.39 is 14.4 Å². The van der Waals surface area contributed by atoms with E-state index in [2.05, 4.69) is 33.9 Å². The van der Waals surface area contributed by atoms with Gasteiger partial charge >= 0.3 is 0 Å². The number of aliphatic hydroxyl groups excluding tert-OH is 1. The van der Waals surface area contributed by atoms with Crippen LogP contribution in [0.3, 0.4) is 0 Å². The number of rotatable bonds is 7. The van der Waals surface area contributed by atoms with E-state index in [0.29, 0.717) is 17.7 Å². The van der Waals surface area contributed by atoms with Crippen LogP contribution in [0.5, 0.6) is 5.75 Å². The molecular formula is C30H34FNO3Si. The van der Waals surface area contributed by atoms with Gasteiger partial charge in [-0.05, 0) is 72.1 Å². The van der Waals surface area contributed by atoms with Crippen molar-refractivity contribution >= 4 is 19.9 Å². The van der Waals surface area contributed by atoms with Crippen LogP contribution in [0.1, 0.15) is 50.5 Å². The molecule has 4 nitrogen and oxygen atoms in total. The number of hydrogen-bond donors (Lipinski definition) is 1. The third-order valence-corrected chi connectivity index (χ3v) is 11.6. The first-order chi connectivity index (χ1) is 17.0. The molecule has 0 radical (unpaired) electrons. The molecule has 4 rings (SSSR count). The number of benzene rings is 3. The molecule has 1 amide bonds. The zero-order valence-corrected chi connectivity index (χ0v) is 22.5. The Bertz CT molecular complexity index is 1230. The van der Waals surface area contributed by atoms with Crippen LogP contribution in [0.2, 0.25) is 18.1 Å². The van der Waals surface area contributed by atoms with E-state index in [0.717, 1.165) is 16.9 Å². The number of hydrogen-bond acceptors (Lipinski definition) is 3. The minimum absolute atomic E-state index is 0.0843. The highest BCUT2D eigenvalue weighted by Gasteiger charge is 2.44. The number of anilines is 1. The van der Waals surface area contributed by atoms with Gasteiger partial charge in [-0.2, -0.15) is 0 Å². The molecule has 1 N–H and O–H groups in total. The zero-order valence-electron chi connectivity index (χ0n) is 21.5. The normalized spacial score (nSPS) is 18.2. The Hall–Kier alpha value is -3.22. The Morgan fingerprint density at radius 3 is 2.19 bits per heavy atom. The van der Waals surface area contributed by atoms with Crippen LogP contribution in [0, 0.1) is 5.82 Å². The monoisotopic (exact) mass is 503 g/mol. The fourth-order valence-electron chi connectivity index (χ4n) is 4.06. The summed E-state index contributed by atoms with van der Waals surface area (Å²) in [5, 5.41) is 10.7. The van der Waals surface area contributed by atoms with Gasteiger partial charge in [0.1, 0.15) is 11.6 Å². The summed E-state index contributed by atoms with van der Waals surface area (Å²) in [5.74, 6) is 0.319. The number of amides is 1. The molecule has 1 saturated heterocycles. The van der Waals surface area contributed by atoms with Gasteiger partial charge in [-0.3, -0.25) is 9.69 Å². The maximum atomic E-state index is 13.5. The summed E-state index contributed by atoms with van der Waals surface area (Å²) < 4.78 is 20.0. The Labute approximate surface area is 214 Å². The summed E-state index contributed by atoms with van der Waals surface area (Å²) in [5.41, 5.74) is 2.99. The van der Waals surface area contributed by atoms with E-state index in [1.807, 2.05) is 60.7 Å². The van der Waals surface area contributed by atoms with Gasteiger partial charge in [0.25, 0.3) is 5.91 Å². The van der Waals surface area contributed by atoms with Gasteiger partial charge in [0, 0.05) is 11.3 Å². The highest BCUT2D eigenvalue weighted by Crippen LogP contribution is 2.44. The molecule has 0 aromatic heterocycles. The lowest BCUT2D eigenvalue weighted by molar-refractivity contribution is -0.119. The first-order valence-corrected chi connectivity index (χ1v) is 15.2. The molecule has 1 heterocycles. The van der Waals surface area contributed by atoms with Gasteiger partial charge in [-0.25, -0.2) is 4.39 Å². The van der Waals surface area contributed by atoms with Gasteiger partial charge in [0.15, 0.2) is 0 Å². The minimum atomic E-state index is -1.98. The molecule has 188 valence electrons. The zero-order chi connectivity index (χ0) is 26.1. The standard InChI is InChI=1S/C30H34FNO3Si/c1-30(2,3)36(4,5)35-25-17-11-22(12-18-25)28-26(19-20-27(33)21-9-7-6-8-10-21)29(34)32(28)24-15-13-23(31)14-16-24/h6-19,27-28,33H,20H2,1-5H3/b26-19-. The lowest BCUT2D eigenvalue weighted by Gasteiger charge is -2.43. The Kier molecular flexibility index (Phi) is 7.21. The summed E-state index contributed by atoms with van der Waals surface area (Å²) in [6.45, 7) is 11.0. The smallest absolute Gasteiger partial charge is 0.257 e. The maximum absolute atomic E-state index is 13.5. The lowest BCUT2D eigenvalue weighted by Crippen LogP contribution is -2.49. The molecular weight excluding hydrogens is 469 g/mol. The largest absolute Gasteiger partial charge is 0.544 e. The van der Waals surface area contributed by atoms with Crippen LogP contribution in [0.15, 0.2) is 90.5 Å². The van der Waals surface area contributed by atoms with Gasteiger partial charge in [0.2, 0.25) is 8.32 Å². The van der Waals surface area contributed by atoms with Gasteiger partial charge in [-0.1, -0.05) is 69.3 Å². The van der Waals surface area contributed by atoms with Crippen molar-refractivity contribution in [3.8, 4) is 5.75 Å². The molecule has 3 aromatic rings. The van der Waals surface area contributed by atoms with Crippen molar-refractivity contribution in [2.45, 2.75) is 57.5 Å². The fraction of sp³-hybridized carbons (Fsp3) is 0.300. The molecule has 0 saturated carbocycles. The molecule has 1 aliphatic heterocycles. The molecule has 36 heavy (non-hydrogen) atoms. The molecule has 2 unspecified atom stereocenters. The number of carbonyl (C=O) groups is 1. The highest BCUT2D eigenvalue weighted by molar-refractivity contribution is 6.74. The molecule has 2 atom stereocenters. The quantitative estimate of drug-likeness (QED) is 0.208. The van der Waals surface area contributed by atoms with Crippen LogP contribution >= 0.6 is 0 Å². The van der Waals surface area contributed by atoms with Crippen molar-refractivity contribution in [1.29, 1.82) is 0 Å². The van der Waals surface area contributed by atoms with Crippen molar-refractivity contribution in [2.75, 3.05) is 4.90 Å². The summed E-state index contributed by atoms with van der Waals surface area (Å²) >= 11 is 0. The van der Waals surface area contributed by atoms with Crippen molar-refractivity contribution in [1.82, 2.24) is 0 Å². The van der Waals surface area contributed by atoms with Crippen LogP contribution in [-0.4, -0.2) is 19.3 Å². The van der Waals surface area contributed by atoms with Crippen LogP contribution in [0.25, 0.3) is 0 Å². The van der Waals surface area contributed by atoms with Crippen LogP contribution < -0.4 is 9.33 Å². The van der Waals surface area contributed by atoms with E-state index in [-0.39, 0.29) is 22.8 Å². The van der Waals surface area contributed by atoms with Gasteiger partial charge < -0.3 is 9.53 Å². The number of nitrogens with zero attached hydrogens (tertiary/aromatic N) is 1. The summed E-state index contributed by atoms with van der Waals surface area (Å²) in [6.07, 6.45) is 1.45. The van der Waals surface area contributed by atoms with Crippen molar-refractivity contribution in [3.63, 3.8) is 0 Å². The van der Waals surface area contributed by atoms with Crippen LogP contribution in [-0.2, 0) is 4.79 Å². The molecule has 1 aliphatic rings. The molecule has 6 heteroatoms. The second kappa shape index (κ2) is 10.0. The summed E-state index contributed by atoms with van der Waals surface area (Å²) in [7, 11) is -1.98. The molecule has 0 aliphatic carbocycles. The maximum Gasteiger partial charge on any atom is 0.257 e. The average molecular weight is 504 g/mol. The number of carbonyl (C=O) groups excluding carboxylic acids is 1.